The zero-order valence-electron chi connectivity index (χ0n) is 27.1. The van der Waals surface area contributed by atoms with Crippen molar-refractivity contribution in [2.24, 2.45) is 5.41 Å². The van der Waals surface area contributed by atoms with Gasteiger partial charge < -0.3 is 28.7 Å². The van der Waals surface area contributed by atoms with Crippen molar-refractivity contribution < 1.29 is 32.2 Å². The summed E-state index contributed by atoms with van der Waals surface area (Å²) in [6.07, 6.45) is 3.76. The molecule has 4 saturated heterocycles. The molecule has 4 aliphatic heterocycles. The molecule has 5 rings (SSSR count). The van der Waals surface area contributed by atoms with E-state index in [0.717, 1.165) is 83.8 Å². The average molecular weight is 653 g/mol. The van der Waals surface area contributed by atoms with Crippen molar-refractivity contribution in [3.8, 4) is 5.75 Å². The fourth-order valence-corrected chi connectivity index (χ4v) is 8.26. The van der Waals surface area contributed by atoms with E-state index in [1.165, 1.54) is 21.9 Å². The van der Waals surface area contributed by atoms with Crippen molar-refractivity contribution >= 4 is 35.4 Å². The van der Waals surface area contributed by atoms with Crippen LogP contribution in [0.3, 0.4) is 0 Å². The highest BCUT2D eigenvalue weighted by atomic mass is 32.2. The van der Waals surface area contributed by atoms with Crippen LogP contribution in [0.1, 0.15) is 25.7 Å². The third-order valence-corrected chi connectivity index (χ3v) is 12.6. The van der Waals surface area contributed by atoms with Gasteiger partial charge in [-0.2, -0.15) is 0 Å². The Labute approximate surface area is 264 Å². The molecule has 1 aromatic carbocycles. The molecule has 44 heavy (non-hydrogen) atoms. The Hall–Kier alpha value is -1.90. The summed E-state index contributed by atoms with van der Waals surface area (Å²) >= 11 is 0. The van der Waals surface area contributed by atoms with Crippen molar-refractivity contribution in [2.75, 3.05) is 102 Å². The van der Waals surface area contributed by atoms with E-state index in [0.29, 0.717) is 32.4 Å². The standard InChI is InChI=1S/C31H52N4O7SSi/c1-43(37,38)35-11-8-31(9-12-35)24-27(42-30(31)36)7-10-32-13-15-33(16-14-32)28-6-5-26(41-25-40-21-22-44(2,3)4)23-29(28)34-17-19-39-20-18-34/h5-6,23,27H,7-22,24-25H2,1-4H3. The molecule has 4 heterocycles. The number of ether oxygens (including phenoxy) is 4. The average Bonchev–Trinajstić information content (AvgIpc) is 3.29. The number of morpholine rings is 1. The molecule has 1 spiro atoms. The van der Waals surface area contributed by atoms with Crippen LogP contribution in [0.5, 0.6) is 5.75 Å². The molecule has 1 atom stereocenters. The maximum atomic E-state index is 12.8. The molecule has 0 bridgehead atoms. The lowest BCUT2D eigenvalue weighted by Crippen LogP contribution is -2.47. The zero-order chi connectivity index (χ0) is 31.4. The summed E-state index contributed by atoms with van der Waals surface area (Å²) in [5.41, 5.74) is 1.90. The van der Waals surface area contributed by atoms with Crippen LogP contribution < -0.4 is 14.5 Å². The molecule has 0 N–H and O–H groups in total. The van der Waals surface area contributed by atoms with Gasteiger partial charge in [0.1, 0.15) is 11.9 Å². The number of cyclic esters (lactones) is 1. The largest absolute Gasteiger partial charge is 0.467 e. The normalized spacial score (nSPS) is 23.7. The maximum Gasteiger partial charge on any atom is 0.312 e. The lowest BCUT2D eigenvalue weighted by atomic mass is 9.76. The first kappa shape index (κ1) is 33.5. The van der Waals surface area contributed by atoms with Gasteiger partial charge in [-0.05, 0) is 37.4 Å². The Morgan fingerprint density at radius 1 is 0.955 bits per heavy atom. The number of sulfonamides is 1. The Balaban J connectivity index is 1.11. The van der Waals surface area contributed by atoms with E-state index in [4.69, 9.17) is 18.9 Å². The highest BCUT2D eigenvalue weighted by Crippen LogP contribution is 2.44. The van der Waals surface area contributed by atoms with Crippen LogP contribution in [0.25, 0.3) is 0 Å². The lowest BCUT2D eigenvalue weighted by Gasteiger charge is -2.39. The smallest absolute Gasteiger partial charge is 0.312 e. The molecule has 1 unspecified atom stereocenters. The van der Waals surface area contributed by atoms with Crippen LogP contribution in [-0.2, 0) is 29.0 Å². The van der Waals surface area contributed by atoms with Crippen molar-refractivity contribution in [1.82, 2.24) is 9.21 Å². The first-order chi connectivity index (χ1) is 20.9. The van der Waals surface area contributed by atoms with Crippen molar-refractivity contribution in [3.05, 3.63) is 18.2 Å². The molecule has 0 aromatic heterocycles. The quantitative estimate of drug-likeness (QED) is 0.145. The topological polar surface area (TPSA) is 101 Å². The number of carbonyl (C=O) groups is 1. The SMILES string of the molecule is C[Si](C)(C)CCOCOc1ccc(N2CCN(CCC3CC4(CCN(S(C)(=O)=O)CC4)C(=O)O3)CC2)c(N2CCOCC2)c1. The van der Waals surface area contributed by atoms with Gasteiger partial charge in [-0.1, -0.05) is 19.6 Å². The Bertz CT molecular complexity index is 1220. The van der Waals surface area contributed by atoms with Crippen LogP contribution in [0.4, 0.5) is 11.4 Å². The fraction of sp³-hybridized carbons (Fsp3) is 0.774. The predicted octanol–water partition coefficient (Wildman–Crippen LogP) is 3.08. The number of anilines is 2. The first-order valence-corrected chi connectivity index (χ1v) is 21.8. The molecular formula is C31H52N4O7SSi. The minimum Gasteiger partial charge on any atom is -0.467 e. The maximum absolute atomic E-state index is 12.8. The Morgan fingerprint density at radius 2 is 1.64 bits per heavy atom. The lowest BCUT2D eigenvalue weighted by molar-refractivity contribution is -0.150. The third-order valence-electron chi connectivity index (χ3n) is 9.56. The van der Waals surface area contributed by atoms with Crippen LogP contribution in [0, 0.1) is 5.41 Å². The Kier molecular flexibility index (Phi) is 10.8. The van der Waals surface area contributed by atoms with E-state index >= 15 is 0 Å². The summed E-state index contributed by atoms with van der Waals surface area (Å²) in [4.78, 5) is 20.2. The zero-order valence-corrected chi connectivity index (χ0v) is 28.9. The molecule has 11 nitrogen and oxygen atoms in total. The Morgan fingerprint density at radius 3 is 2.30 bits per heavy atom. The van der Waals surface area contributed by atoms with E-state index in [1.807, 2.05) is 0 Å². The molecule has 0 saturated carbocycles. The van der Waals surface area contributed by atoms with E-state index < -0.39 is 23.5 Å². The molecule has 0 amide bonds. The number of hydrogen-bond acceptors (Lipinski definition) is 10. The summed E-state index contributed by atoms with van der Waals surface area (Å²) < 4.78 is 48.5. The molecule has 248 valence electrons. The van der Waals surface area contributed by atoms with Crippen LogP contribution in [0.15, 0.2) is 18.2 Å². The molecule has 4 fully saturated rings. The number of hydrogen-bond donors (Lipinski definition) is 0. The summed E-state index contributed by atoms with van der Waals surface area (Å²) in [6, 6.07) is 7.52. The predicted molar refractivity (Wildman–Crippen MR) is 175 cm³/mol. The van der Waals surface area contributed by atoms with Gasteiger partial charge in [0, 0.05) is 86.1 Å². The van der Waals surface area contributed by atoms with Gasteiger partial charge in [-0.3, -0.25) is 9.69 Å². The molecule has 0 aliphatic carbocycles. The van der Waals surface area contributed by atoms with E-state index in [9.17, 15) is 13.2 Å². The van der Waals surface area contributed by atoms with Crippen molar-refractivity contribution in [2.45, 2.75) is 57.5 Å². The number of rotatable bonds is 12. The van der Waals surface area contributed by atoms with Gasteiger partial charge in [0.15, 0.2) is 6.79 Å². The fourth-order valence-electron chi connectivity index (χ4n) is 6.66. The summed E-state index contributed by atoms with van der Waals surface area (Å²) in [7, 11) is -4.35. The highest BCUT2D eigenvalue weighted by molar-refractivity contribution is 7.88. The molecule has 13 heteroatoms. The minimum atomic E-state index is -3.22. The highest BCUT2D eigenvalue weighted by Gasteiger charge is 2.51. The first-order valence-electron chi connectivity index (χ1n) is 16.2. The van der Waals surface area contributed by atoms with Gasteiger partial charge in [-0.25, -0.2) is 12.7 Å². The van der Waals surface area contributed by atoms with E-state index in [2.05, 4.69) is 52.5 Å². The number of piperazine rings is 1. The summed E-state index contributed by atoms with van der Waals surface area (Å²) in [5, 5.41) is 0. The van der Waals surface area contributed by atoms with Gasteiger partial charge in [0.25, 0.3) is 0 Å². The number of piperidine rings is 1. The minimum absolute atomic E-state index is 0.0923. The molecule has 4 aliphatic rings. The van der Waals surface area contributed by atoms with E-state index in [1.54, 1.807) is 0 Å². The summed E-state index contributed by atoms with van der Waals surface area (Å²) in [5.74, 6) is 0.689. The van der Waals surface area contributed by atoms with Crippen LogP contribution in [0.2, 0.25) is 25.7 Å². The molecule has 1 aromatic rings. The third kappa shape index (κ3) is 8.67. The van der Waals surface area contributed by atoms with Crippen molar-refractivity contribution in [3.63, 3.8) is 0 Å². The number of esters is 1. The van der Waals surface area contributed by atoms with Crippen molar-refractivity contribution in [1.29, 1.82) is 0 Å². The number of nitrogens with zero attached hydrogens (tertiary/aromatic N) is 4. The van der Waals surface area contributed by atoms with Crippen LogP contribution in [-0.4, -0.2) is 130 Å². The van der Waals surface area contributed by atoms with Gasteiger partial charge in [0.05, 0.1) is 36.3 Å². The number of benzene rings is 1. The van der Waals surface area contributed by atoms with Crippen LogP contribution >= 0.6 is 0 Å². The number of carbonyl (C=O) groups excluding carboxylic acids is 1. The van der Waals surface area contributed by atoms with Gasteiger partial charge in [-0.15, -0.1) is 0 Å². The summed E-state index contributed by atoms with van der Waals surface area (Å²) in [6.45, 7) is 16.6. The van der Waals surface area contributed by atoms with Gasteiger partial charge >= 0.3 is 5.97 Å². The second-order valence-corrected chi connectivity index (χ2v) is 21.6. The molecule has 0 radical (unpaired) electrons. The van der Waals surface area contributed by atoms with Gasteiger partial charge in [0.2, 0.25) is 10.0 Å². The monoisotopic (exact) mass is 652 g/mol. The second kappa shape index (κ2) is 14.2. The second-order valence-electron chi connectivity index (χ2n) is 14.0. The van der Waals surface area contributed by atoms with E-state index in [-0.39, 0.29) is 18.9 Å². The molecular weight excluding hydrogens is 601 g/mol.